The highest BCUT2D eigenvalue weighted by atomic mass is 19.1. The summed E-state index contributed by atoms with van der Waals surface area (Å²) in [5.41, 5.74) is 0.935. The number of unbranched alkanes of at least 4 members (excludes halogenated alkanes) is 1. The number of nitrogens with one attached hydrogen (secondary N) is 1. The van der Waals surface area contributed by atoms with E-state index in [1.165, 1.54) is 6.07 Å². The van der Waals surface area contributed by atoms with Gasteiger partial charge in [-0.1, -0.05) is 12.1 Å². The van der Waals surface area contributed by atoms with Gasteiger partial charge in [-0.2, -0.15) is 0 Å². The molecule has 1 N–H and O–H groups in total. The lowest BCUT2D eigenvalue weighted by molar-refractivity contribution is 0.144. The van der Waals surface area contributed by atoms with Crippen molar-refractivity contribution in [3.05, 3.63) is 35.6 Å². The number of aliphatic imine (C=N–C) groups is 1. The van der Waals surface area contributed by atoms with Crippen molar-refractivity contribution in [2.24, 2.45) is 4.99 Å². The summed E-state index contributed by atoms with van der Waals surface area (Å²) in [5, 5.41) is 3.27. The van der Waals surface area contributed by atoms with Gasteiger partial charge in [0.15, 0.2) is 5.96 Å². The van der Waals surface area contributed by atoms with Crippen LogP contribution in [0.5, 0.6) is 0 Å². The van der Waals surface area contributed by atoms with Crippen molar-refractivity contribution in [2.75, 3.05) is 33.4 Å². The first-order valence-electron chi connectivity index (χ1n) is 7.99. The normalized spacial score (nSPS) is 11.5. The van der Waals surface area contributed by atoms with Gasteiger partial charge in [-0.15, -0.1) is 0 Å². The van der Waals surface area contributed by atoms with Crippen molar-refractivity contribution in [1.82, 2.24) is 10.2 Å². The van der Waals surface area contributed by atoms with Gasteiger partial charge in [0.25, 0.3) is 0 Å². The van der Waals surface area contributed by atoms with Crippen LogP contribution < -0.4 is 5.32 Å². The van der Waals surface area contributed by atoms with Crippen molar-refractivity contribution in [3.63, 3.8) is 0 Å². The Morgan fingerprint density at radius 3 is 2.82 bits per heavy atom. The fourth-order valence-corrected chi connectivity index (χ4v) is 2.10. The average molecular weight is 309 g/mol. The first kappa shape index (κ1) is 18.4. The fraction of sp³-hybridized carbons (Fsp3) is 0.588. The van der Waals surface area contributed by atoms with Gasteiger partial charge < -0.3 is 15.0 Å². The molecule has 0 saturated carbocycles. The minimum Gasteiger partial charge on any atom is -0.382 e. The van der Waals surface area contributed by atoms with E-state index in [-0.39, 0.29) is 5.82 Å². The molecule has 0 aromatic heterocycles. The van der Waals surface area contributed by atoms with Crippen LogP contribution in [0.15, 0.2) is 29.3 Å². The molecule has 124 valence electrons. The summed E-state index contributed by atoms with van der Waals surface area (Å²) in [7, 11) is 1.96. The molecule has 0 fully saturated rings. The summed E-state index contributed by atoms with van der Waals surface area (Å²) in [4.78, 5) is 6.63. The Morgan fingerprint density at radius 1 is 1.32 bits per heavy atom. The van der Waals surface area contributed by atoms with E-state index in [0.29, 0.717) is 6.54 Å². The highest BCUT2D eigenvalue weighted by molar-refractivity contribution is 5.79. The minimum absolute atomic E-state index is 0.205. The monoisotopic (exact) mass is 309 g/mol. The third-order valence-corrected chi connectivity index (χ3v) is 3.17. The Balaban J connectivity index is 2.49. The highest BCUT2D eigenvalue weighted by Gasteiger charge is 2.06. The molecule has 0 aliphatic carbocycles. The maximum atomic E-state index is 13.2. The molecule has 22 heavy (non-hydrogen) atoms. The number of hydrogen-bond donors (Lipinski definition) is 1. The standard InChI is InChI=1S/C17H28FN3O/c1-4-19-17(20-11-6-7-12-22-5-2)21(3)14-15-9-8-10-16(18)13-15/h8-10,13H,4-7,11-12,14H2,1-3H3,(H,19,20). The van der Waals surface area contributed by atoms with Crippen LogP contribution in [-0.2, 0) is 11.3 Å². The maximum absolute atomic E-state index is 13.2. The highest BCUT2D eigenvalue weighted by Crippen LogP contribution is 2.06. The van der Waals surface area contributed by atoms with Crippen LogP contribution >= 0.6 is 0 Å². The van der Waals surface area contributed by atoms with E-state index < -0.39 is 0 Å². The zero-order valence-corrected chi connectivity index (χ0v) is 13.9. The van der Waals surface area contributed by atoms with Crippen molar-refractivity contribution in [2.45, 2.75) is 33.2 Å². The predicted molar refractivity (Wildman–Crippen MR) is 89.6 cm³/mol. The molecule has 0 bridgehead atoms. The summed E-state index contributed by atoms with van der Waals surface area (Å²) in [6.07, 6.45) is 2.02. The maximum Gasteiger partial charge on any atom is 0.193 e. The molecule has 0 aliphatic rings. The third-order valence-electron chi connectivity index (χ3n) is 3.17. The molecule has 0 aliphatic heterocycles. The van der Waals surface area contributed by atoms with Crippen LogP contribution in [0.2, 0.25) is 0 Å². The van der Waals surface area contributed by atoms with Crippen molar-refractivity contribution in [3.8, 4) is 0 Å². The second-order valence-corrected chi connectivity index (χ2v) is 5.13. The summed E-state index contributed by atoms with van der Waals surface area (Å²) >= 11 is 0. The van der Waals surface area contributed by atoms with E-state index in [4.69, 9.17) is 4.74 Å². The molecule has 0 heterocycles. The molecular formula is C17H28FN3O. The van der Waals surface area contributed by atoms with Crippen LogP contribution in [0.25, 0.3) is 0 Å². The Labute approximate surface area is 133 Å². The summed E-state index contributed by atoms with van der Waals surface area (Å²) in [6.45, 7) is 7.81. The van der Waals surface area contributed by atoms with Gasteiger partial charge in [-0.25, -0.2) is 4.39 Å². The Hall–Kier alpha value is -1.62. The molecule has 0 unspecified atom stereocenters. The van der Waals surface area contributed by atoms with Gasteiger partial charge in [0.1, 0.15) is 5.82 Å². The number of halogens is 1. The predicted octanol–water partition coefficient (Wildman–Crippen LogP) is 3.04. The quantitative estimate of drug-likeness (QED) is 0.433. The number of nitrogens with zero attached hydrogens (tertiary/aromatic N) is 2. The van der Waals surface area contributed by atoms with E-state index >= 15 is 0 Å². The van der Waals surface area contributed by atoms with Crippen LogP contribution in [-0.4, -0.2) is 44.2 Å². The third kappa shape index (κ3) is 7.41. The summed E-state index contributed by atoms with van der Waals surface area (Å²) in [5.74, 6) is 0.645. The average Bonchev–Trinajstić information content (AvgIpc) is 2.49. The molecule has 1 aromatic carbocycles. The lowest BCUT2D eigenvalue weighted by Gasteiger charge is -2.22. The smallest absolute Gasteiger partial charge is 0.193 e. The summed E-state index contributed by atoms with van der Waals surface area (Å²) < 4.78 is 18.6. The molecular weight excluding hydrogens is 281 g/mol. The Morgan fingerprint density at radius 2 is 2.14 bits per heavy atom. The molecule has 1 aromatic rings. The van der Waals surface area contributed by atoms with E-state index in [1.807, 2.05) is 31.9 Å². The fourth-order valence-electron chi connectivity index (χ4n) is 2.10. The SMILES string of the molecule is CCNC(=NCCCCOCC)N(C)Cc1cccc(F)c1. The largest absolute Gasteiger partial charge is 0.382 e. The molecule has 5 heteroatoms. The van der Waals surface area contributed by atoms with E-state index in [1.54, 1.807) is 12.1 Å². The summed E-state index contributed by atoms with van der Waals surface area (Å²) in [6, 6.07) is 6.67. The second-order valence-electron chi connectivity index (χ2n) is 5.13. The Kier molecular flexibility index (Phi) is 9.23. The van der Waals surface area contributed by atoms with E-state index in [9.17, 15) is 4.39 Å². The lowest BCUT2D eigenvalue weighted by atomic mass is 10.2. The Bertz CT molecular complexity index is 451. The van der Waals surface area contributed by atoms with Gasteiger partial charge in [0, 0.05) is 39.9 Å². The topological polar surface area (TPSA) is 36.9 Å². The minimum atomic E-state index is -0.205. The number of ether oxygens (including phenoxy) is 1. The second kappa shape index (κ2) is 11.0. The van der Waals surface area contributed by atoms with Gasteiger partial charge in [-0.3, -0.25) is 4.99 Å². The lowest BCUT2D eigenvalue weighted by Crippen LogP contribution is -2.38. The van der Waals surface area contributed by atoms with Crippen molar-refractivity contribution < 1.29 is 9.13 Å². The molecule has 0 spiro atoms. The molecule has 0 atom stereocenters. The molecule has 0 saturated heterocycles. The number of guanidine groups is 1. The van der Waals surface area contributed by atoms with Crippen molar-refractivity contribution >= 4 is 5.96 Å². The van der Waals surface area contributed by atoms with E-state index in [2.05, 4.69) is 10.3 Å². The van der Waals surface area contributed by atoms with Crippen molar-refractivity contribution in [1.29, 1.82) is 0 Å². The number of rotatable bonds is 9. The number of hydrogen-bond acceptors (Lipinski definition) is 2. The molecule has 4 nitrogen and oxygen atoms in total. The first-order valence-corrected chi connectivity index (χ1v) is 7.99. The van der Waals surface area contributed by atoms with E-state index in [0.717, 1.165) is 50.7 Å². The zero-order chi connectivity index (χ0) is 16.2. The first-order chi connectivity index (χ1) is 10.7. The van der Waals surface area contributed by atoms with Crippen LogP contribution in [0.3, 0.4) is 0 Å². The van der Waals surface area contributed by atoms with Gasteiger partial charge in [-0.05, 0) is 44.4 Å². The molecule has 0 amide bonds. The number of benzene rings is 1. The molecule has 1 rings (SSSR count). The van der Waals surface area contributed by atoms with Gasteiger partial charge in [0.05, 0.1) is 0 Å². The van der Waals surface area contributed by atoms with Crippen LogP contribution in [0.1, 0.15) is 32.3 Å². The van der Waals surface area contributed by atoms with Crippen LogP contribution in [0, 0.1) is 5.82 Å². The zero-order valence-electron chi connectivity index (χ0n) is 13.9. The van der Waals surface area contributed by atoms with Crippen LogP contribution in [0.4, 0.5) is 4.39 Å². The molecule has 0 radical (unpaired) electrons. The van der Waals surface area contributed by atoms with Gasteiger partial charge in [0.2, 0.25) is 0 Å². The van der Waals surface area contributed by atoms with Gasteiger partial charge >= 0.3 is 0 Å².